The Morgan fingerprint density at radius 2 is 1.85 bits per heavy atom. The zero-order valence-electron chi connectivity index (χ0n) is 12.6. The number of piperazine rings is 1. The van der Waals surface area contributed by atoms with Gasteiger partial charge in [0, 0.05) is 19.3 Å². The number of amides is 2. The highest BCUT2D eigenvalue weighted by molar-refractivity contribution is 6.08. The summed E-state index contributed by atoms with van der Waals surface area (Å²) in [6.45, 7) is 7.72. The number of aryl methyl sites for hydroxylation is 1. The van der Waals surface area contributed by atoms with E-state index in [2.05, 4.69) is 10.4 Å². The zero-order chi connectivity index (χ0) is 15.0. The third-order valence-corrected chi connectivity index (χ3v) is 3.59. The predicted octanol–water partition coefficient (Wildman–Crippen LogP) is 0.932. The van der Waals surface area contributed by atoms with E-state index < -0.39 is 12.1 Å². The van der Waals surface area contributed by atoms with Crippen molar-refractivity contribution in [2.75, 3.05) is 4.90 Å². The molecule has 2 heterocycles. The Kier molecular flexibility index (Phi) is 3.83. The van der Waals surface area contributed by atoms with Gasteiger partial charge in [0.15, 0.2) is 5.82 Å². The molecule has 0 saturated carbocycles. The summed E-state index contributed by atoms with van der Waals surface area (Å²) in [5, 5.41) is 7.13. The number of carbonyl (C=O) groups is 2. The number of nitrogens with zero attached hydrogens (tertiary/aromatic N) is 3. The van der Waals surface area contributed by atoms with Gasteiger partial charge in [-0.2, -0.15) is 5.10 Å². The van der Waals surface area contributed by atoms with Crippen LogP contribution in [0.15, 0.2) is 12.3 Å². The van der Waals surface area contributed by atoms with Gasteiger partial charge in [-0.05, 0) is 11.8 Å². The summed E-state index contributed by atoms with van der Waals surface area (Å²) in [5.74, 6) is 0.414. The van der Waals surface area contributed by atoms with Crippen LogP contribution in [0.4, 0.5) is 5.82 Å². The van der Waals surface area contributed by atoms with Crippen LogP contribution in [0.3, 0.4) is 0 Å². The van der Waals surface area contributed by atoms with Gasteiger partial charge in [-0.15, -0.1) is 0 Å². The standard InChI is InChI=1S/C14H22N4O2/c1-8(2)11-14(20)18(10-6-7-17(5)16-10)12(9(3)4)13(19)15-11/h6-9,11-12H,1-5H3,(H,15,19). The molecule has 1 aromatic rings. The predicted molar refractivity (Wildman–Crippen MR) is 76.1 cm³/mol. The number of aromatic nitrogens is 2. The molecule has 20 heavy (non-hydrogen) atoms. The fraction of sp³-hybridized carbons (Fsp3) is 0.643. The molecule has 0 bridgehead atoms. The zero-order valence-corrected chi connectivity index (χ0v) is 12.6. The van der Waals surface area contributed by atoms with Crippen molar-refractivity contribution in [2.45, 2.75) is 39.8 Å². The first-order chi connectivity index (χ1) is 9.32. The Hall–Kier alpha value is -1.85. The number of carbonyl (C=O) groups excluding carboxylic acids is 2. The average molecular weight is 278 g/mol. The molecule has 110 valence electrons. The first-order valence-corrected chi connectivity index (χ1v) is 6.96. The van der Waals surface area contributed by atoms with Crippen LogP contribution in [0.1, 0.15) is 27.7 Å². The number of rotatable bonds is 3. The number of nitrogens with one attached hydrogen (secondary N) is 1. The summed E-state index contributed by atoms with van der Waals surface area (Å²) >= 11 is 0. The molecule has 2 unspecified atom stereocenters. The van der Waals surface area contributed by atoms with Gasteiger partial charge in [0.1, 0.15) is 12.1 Å². The third kappa shape index (κ3) is 2.42. The van der Waals surface area contributed by atoms with Crippen LogP contribution in [0.2, 0.25) is 0 Å². The number of hydrogen-bond donors (Lipinski definition) is 1. The molecule has 0 aliphatic carbocycles. The Morgan fingerprint density at radius 1 is 1.20 bits per heavy atom. The Morgan fingerprint density at radius 3 is 2.30 bits per heavy atom. The quantitative estimate of drug-likeness (QED) is 0.894. The van der Waals surface area contributed by atoms with E-state index in [-0.39, 0.29) is 23.7 Å². The molecule has 2 atom stereocenters. The van der Waals surface area contributed by atoms with Crippen LogP contribution in [0, 0.1) is 11.8 Å². The molecule has 1 aliphatic rings. The highest BCUT2D eigenvalue weighted by Gasteiger charge is 2.44. The fourth-order valence-electron chi connectivity index (χ4n) is 2.54. The first kappa shape index (κ1) is 14.6. The summed E-state index contributed by atoms with van der Waals surface area (Å²) in [6.07, 6.45) is 1.77. The topological polar surface area (TPSA) is 67.2 Å². The van der Waals surface area contributed by atoms with Gasteiger partial charge >= 0.3 is 0 Å². The van der Waals surface area contributed by atoms with Crippen molar-refractivity contribution >= 4 is 17.6 Å². The molecule has 6 nitrogen and oxygen atoms in total. The SMILES string of the molecule is CC(C)C1NC(=O)C(C(C)C)N(c2ccn(C)n2)C1=O. The van der Waals surface area contributed by atoms with Crippen molar-refractivity contribution in [2.24, 2.45) is 18.9 Å². The lowest BCUT2D eigenvalue weighted by Gasteiger charge is -2.40. The van der Waals surface area contributed by atoms with E-state index in [1.165, 1.54) is 0 Å². The van der Waals surface area contributed by atoms with E-state index in [1.54, 1.807) is 28.9 Å². The summed E-state index contributed by atoms with van der Waals surface area (Å²) in [7, 11) is 1.79. The van der Waals surface area contributed by atoms with Crippen LogP contribution >= 0.6 is 0 Å². The summed E-state index contributed by atoms with van der Waals surface area (Å²) in [5.41, 5.74) is 0. The second-order valence-corrected chi connectivity index (χ2v) is 5.97. The van der Waals surface area contributed by atoms with Crippen LogP contribution in [0.5, 0.6) is 0 Å². The lowest BCUT2D eigenvalue weighted by Crippen LogP contribution is -2.66. The normalized spacial score (nSPS) is 23.6. The minimum absolute atomic E-state index is 0.0223. The van der Waals surface area contributed by atoms with Gasteiger partial charge < -0.3 is 5.32 Å². The van der Waals surface area contributed by atoms with Crippen LogP contribution in [-0.4, -0.2) is 33.7 Å². The molecule has 1 aromatic heterocycles. The van der Waals surface area contributed by atoms with Gasteiger partial charge in [-0.3, -0.25) is 19.2 Å². The lowest BCUT2D eigenvalue weighted by molar-refractivity contribution is -0.135. The van der Waals surface area contributed by atoms with Crippen molar-refractivity contribution in [3.05, 3.63) is 12.3 Å². The molecular formula is C14H22N4O2. The maximum absolute atomic E-state index is 12.7. The molecular weight excluding hydrogens is 256 g/mol. The van der Waals surface area contributed by atoms with Gasteiger partial charge in [0.05, 0.1) is 0 Å². The fourth-order valence-corrected chi connectivity index (χ4v) is 2.54. The molecule has 0 aromatic carbocycles. The van der Waals surface area contributed by atoms with Crippen molar-refractivity contribution < 1.29 is 9.59 Å². The first-order valence-electron chi connectivity index (χ1n) is 6.96. The lowest BCUT2D eigenvalue weighted by atomic mass is 9.93. The maximum Gasteiger partial charge on any atom is 0.251 e. The minimum Gasteiger partial charge on any atom is -0.342 e. The molecule has 1 N–H and O–H groups in total. The monoisotopic (exact) mass is 278 g/mol. The Balaban J connectivity index is 2.44. The average Bonchev–Trinajstić information content (AvgIpc) is 2.76. The van der Waals surface area contributed by atoms with E-state index in [0.29, 0.717) is 5.82 Å². The molecule has 2 amide bonds. The van der Waals surface area contributed by atoms with Gasteiger partial charge in [-0.25, -0.2) is 0 Å². The third-order valence-electron chi connectivity index (χ3n) is 3.59. The van der Waals surface area contributed by atoms with E-state index in [4.69, 9.17) is 0 Å². The van der Waals surface area contributed by atoms with E-state index in [9.17, 15) is 9.59 Å². The largest absolute Gasteiger partial charge is 0.342 e. The van der Waals surface area contributed by atoms with Gasteiger partial charge in [-0.1, -0.05) is 27.7 Å². The number of anilines is 1. The van der Waals surface area contributed by atoms with Crippen molar-refractivity contribution in [3.8, 4) is 0 Å². The van der Waals surface area contributed by atoms with E-state index >= 15 is 0 Å². The van der Waals surface area contributed by atoms with Crippen molar-refractivity contribution in [1.29, 1.82) is 0 Å². The molecule has 1 fully saturated rings. The van der Waals surface area contributed by atoms with Crippen molar-refractivity contribution in [1.82, 2.24) is 15.1 Å². The Bertz CT molecular complexity index is 521. The van der Waals surface area contributed by atoms with Gasteiger partial charge in [0.2, 0.25) is 5.91 Å². The minimum atomic E-state index is -0.507. The molecule has 6 heteroatoms. The molecule has 0 spiro atoms. The smallest absolute Gasteiger partial charge is 0.251 e. The summed E-state index contributed by atoms with van der Waals surface area (Å²) in [6, 6.07) is 0.774. The number of hydrogen-bond acceptors (Lipinski definition) is 3. The van der Waals surface area contributed by atoms with Crippen molar-refractivity contribution in [3.63, 3.8) is 0 Å². The second kappa shape index (κ2) is 5.26. The summed E-state index contributed by atoms with van der Waals surface area (Å²) < 4.78 is 1.64. The molecule has 1 saturated heterocycles. The molecule has 2 rings (SSSR count). The molecule has 1 aliphatic heterocycles. The Labute approximate surface area is 119 Å². The van der Waals surface area contributed by atoms with Crippen LogP contribution < -0.4 is 10.2 Å². The highest BCUT2D eigenvalue weighted by atomic mass is 16.2. The highest BCUT2D eigenvalue weighted by Crippen LogP contribution is 2.25. The maximum atomic E-state index is 12.7. The van der Waals surface area contributed by atoms with E-state index in [0.717, 1.165) is 0 Å². The van der Waals surface area contributed by atoms with Crippen LogP contribution in [-0.2, 0) is 16.6 Å². The summed E-state index contributed by atoms with van der Waals surface area (Å²) in [4.78, 5) is 26.6. The van der Waals surface area contributed by atoms with Gasteiger partial charge in [0.25, 0.3) is 5.91 Å². The van der Waals surface area contributed by atoms with E-state index in [1.807, 2.05) is 27.7 Å². The molecule has 0 radical (unpaired) electrons. The van der Waals surface area contributed by atoms with Crippen LogP contribution in [0.25, 0.3) is 0 Å². The second-order valence-electron chi connectivity index (χ2n) is 5.97.